The lowest BCUT2D eigenvalue weighted by Gasteiger charge is -2.27. The minimum atomic E-state index is -0.926. The number of urea groups is 1. The van der Waals surface area contributed by atoms with Gasteiger partial charge in [0, 0.05) is 6.54 Å². The largest absolute Gasteiger partial charge is 0.481 e. The van der Waals surface area contributed by atoms with Crippen molar-refractivity contribution in [2.45, 2.75) is 39.7 Å². The van der Waals surface area contributed by atoms with Gasteiger partial charge in [-0.15, -0.1) is 0 Å². The zero-order chi connectivity index (χ0) is 15.9. The van der Waals surface area contributed by atoms with E-state index in [-0.39, 0.29) is 30.5 Å². The minimum absolute atomic E-state index is 0.0643. The lowest BCUT2D eigenvalue weighted by Crippen LogP contribution is -2.40. The van der Waals surface area contributed by atoms with E-state index in [4.69, 9.17) is 5.11 Å². The summed E-state index contributed by atoms with van der Waals surface area (Å²) in [7, 11) is 0. The van der Waals surface area contributed by atoms with Crippen molar-refractivity contribution in [1.82, 2.24) is 10.6 Å². The van der Waals surface area contributed by atoms with Gasteiger partial charge in [0.25, 0.3) is 0 Å². The number of hydrogen-bond acceptors (Lipinski definition) is 2. The lowest BCUT2D eigenvalue weighted by molar-refractivity contribution is -0.136. The number of carboxylic acid groups (broad SMARTS) is 1. The molecule has 0 aliphatic carbocycles. The SMILES string of the molecule is CC(C)(C)CC(NC(=O)NCCC(=O)O)c1ccccc1. The molecule has 1 atom stereocenters. The van der Waals surface area contributed by atoms with E-state index < -0.39 is 5.97 Å². The average Bonchev–Trinajstić information content (AvgIpc) is 2.37. The van der Waals surface area contributed by atoms with E-state index in [0.29, 0.717) is 0 Å². The lowest BCUT2D eigenvalue weighted by atomic mass is 9.85. The van der Waals surface area contributed by atoms with Crippen LogP contribution in [-0.4, -0.2) is 23.7 Å². The fraction of sp³-hybridized carbons (Fsp3) is 0.500. The molecule has 0 aliphatic rings. The number of carbonyl (C=O) groups excluding carboxylic acids is 1. The first-order chi connectivity index (χ1) is 9.78. The number of amides is 2. The third-order valence-electron chi connectivity index (χ3n) is 2.95. The van der Waals surface area contributed by atoms with E-state index in [1.165, 1.54) is 0 Å². The van der Waals surface area contributed by atoms with Gasteiger partial charge in [-0.1, -0.05) is 51.1 Å². The molecule has 0 saturated heterocycles. The standard InChI is InChI=1S/C16H24N2O3/c1-16(2,3)11-13(12-7-5-4-6-8-12)18-15(21)17-10-9-14(19)20/h4-8,13H,9-11H2,1-3H3,(H,19,20)(H2,17,18,21). The van der Waals surface area contributed by atoms with E-state index in [9.17, 15) is 9.59 Å². The highest BCUT2D eigenvalue weighted by Gasteiger charge is 2.21. The highest BCUT2D eigenvalue weighted by atomic mass is 16.4. The van der Waals surface area contributed by atoms with Crippen LogP contribution in [-0.2, 0) is 4.79 Å². The van der Waals surface area contributed by atoms with E-state index in [0.717, 1.165) is 12.0 Å². The molecule has 0 aliphatic heterocycles. The van der Waals surface area contributed by atoms with Gasteiger partial charge in [0.2, 0.25) is 0 Å². The molecule has 0 fully saturated rings. The van der Waals surface area contributed by atoms with Crippen molar-refractivity contribution in [1.29, 1.82) is 0 Å². The number of benzene rings is 1. The highest BCUT2D eigenvalue weighted by Crippen LogP contribution is 2.29. The summed E-state index contributed by atoms with van der Waals surface area (Å²) in [6.45, 7) is 6.48. The summed E-state index contributed by atoms with van der Waals surface area (Å²) in [6, 6.07) is 9.33. The van der Waals surface area contributed by atoms with Gasteiger partial charge in [0.15, 0.2) is 0 Å². The molecule has 21 heavy (non-hydrogen) atoms. The van der Waals surface area contributed by atoms with Crippen molar-refractivity contribution in [3.05, 3.63) is 35.9 Å². The van der Waals surface area contributed by atoms with Crippen molar-refractivity contribution < 1.29 is 14.7 Å². The topological polar surface area (TPSA) is 78.4 Å². The Balaban J connectivity index is 2.65. The van der Waals surface area contributed by atoms with E-state index in [1.54, 1.807) is 0 Å². The van der Waals surface area contributed by atoms with Gasteiger partial charge in [-0.2, -0.15) is 0 Å². The van der Waals surface area contributed by atoms with Crippen LogP contribution in [0, 0.1) is 5.41 Å². The molecule has 3 N–H and O–H groups in total. The first-order valence-electron chi connectivity index (χ1n) is 7.09. The van der Waals surface area contributed by atoms with Gasteiger partial charge in [-0.3, -0.25) is 4.79 Å². The molecule has 2 amide bonds. The third kappa shape index (κ3) is 7.34. The molecule has 5 nitrogen and oxygen atoms in total. The van der Waals surface area contributed by atoms with Crippen molar-refractivity contribution in [3.8, 4) is 0 Å². The van der Waals surface area contributed by atoms with E-state index in [2.05, 4.69) is 31.4 Å². The Morgan fingerprint density at radius 2 is 1.81 bits per heavy atom. The zero-order valence-corrected chi connectivity index (χ0v) is 12.8. The maximum Gasteiger partial charge on any atom is 0.315 e. The molecule has 1 unspecified atom stereocenters. The minimum Gasteiger partial charge on any atom is -0.481 e. The fourth-order valence-electron chi connectivity index (χ4n) is 2.04. The molecule has 0 heterocycles. The molecule has 116 valence electrons. The van der Waals surface area contributed by atoms with Crippen molar-refractivity contribution in [3.63, 3.8) is 0 Å². The van der Waals surface area contributed by atoms with E-state index in [1.807, 2.05) is 30.3 Å². The molecule has 0 spiro atoms. The molecule has 1 aromatic rings. The van der Waals surface area contributed by atoms with Gasteiger partial charge < -0.3 is 15.7 Å². The molecule has 0 saturated carbocycles. The van der Waals surface area contributed by atoms with Gasteiger partial charge in [-0.05, 0) is 17.4 Å². The number of rotatable bonds is 6. The van der Waals surface area contributed by atoms with Gasteiger partial charge >= 0.3 is 12.0 Å². The molecular weight excluding hydrogens is 268 g/mol. The van der Waals surface area contributed by atoms with Crippen molar-refractivity contribution >= 4 is 12.0 Å². The number of nitrogens with one attached hydrogen (secondary N) is 2. The van der Waals surface area contributed by atoms with Crippen LogP contribution in [0.4, 0.5) is 4.79 Å². The van der Waals surface area contributed by atoms with Crippen LogP contribution in [0.25, 0.3) is 0 Å². The average molecular weight is 292 g/mol. The summed E-state index contributed by atoms with van der Waals surface area (Å²) < 4.78 is 0. The second-order valence-electron chi connectivity index (χ2n) is 6.27. The second-order valence-corrected chi connectivity index (χ2v) is 6.27. The molecular formula is C16H24N2O3. The number of carbonyl (C=O) groups is 2. The Hall–Kier alpha value is -2.04. The molecule has 5 heteroatoms. The highest BCUT2D eigenvalue weighted by molar-refractivity contribution is 5.75. The smallest absolute Gasteiger partial charge is 0.315 e. The van der Waals surface area contributed by atoms with Gasteiger partial charge in [0.1, 0.15) is 0 Å². The van der Waals surface area contributed by atoms with Crippen molar-refractivity contribution in [2.24, 2.45) is 5.41 Å². The van der Waals surface area contributed by atoms with Gasteiger partial charge in [0.05, 0.1) is 12.5 Å². The zero-order valence-electron chi connectivity index (χ0n) is 12.8. The van der Waals surface area contributed by atoms with Crippen LogP contribution in [0.15, 0.2) is 30.3 Å². The van der Waals surface area contributed by atoms with Crippen LogP contribution in [0.5, 0.6) is 0 Å². The van der Waals surface area contributed by atoms with E-state index >= 15 is 0 Å². The summed E-state index contributed by atoms with van der Waals surface area (Å²) >= 11 is 0. The number of hydrogen-bond donors (Lipinski definition) is 3. The normalized spacial score (nSPS) is 12.5. The van der Waals surface area contributed by atoms with Crippen LogP contribution < -0.4 is 10.6 Å². The monoisotopic (exact) mass is 292 g/mol. The maximum absolute atomic E-state index is 11.9. The van der Waals surface area contributed by atoms with Crippen LogP contribution in [0.1, 0.15) is 45.2 Å². The Kier molecular flexibility index (Phi) is 6.21. The summed E-state index contributed by atoms with van der Waals surface area (Å²) in [5.41, 5.74) is 1.11. The van der Waals surface area contributed by atoms with Crippen molar-refractivity contribution in [2.75, 3.05) is 6.54 Å². The Morgan fingerprint density at radius 3 is 2.33 bits per heavy atom. The maximum atomic E-state index is 11.9. The Labute approximate surface area is 125 Å². The van der Waals surface area contributed by atoms with Gasteiger partial charge in [-0.25, -0.2) is 4.79 Å². The summed E-state index contributed by atoms with van der Waals surface area (Å²) in [5.74, 6) is -0.926. The summed E-state index contributed by atoms with van der Waals surface area (Å²) in [6.07, 6.45) is 0.714. The molecule has 0 bridgehead atoms. The first kappa shape index (κ1) is 17.0. The van der Waals surface area contributed by atoms with Crippen LogP contribution in [0.2, 0.25) is 0 Å². The predicted octanol–water partition coefficient (Wildman–Crippen LogP) is 2.94. The molecule has 0 radical (unpaired) electrons. The Bertz CT molecular complexity index is 466. The van der Waals surface area contributed by atoms with Crippen LogP contribution in [0.3, 0.4) is 0 Å². The summed E-state index contributed by atoms with van der Waals surface area (Å²) in [5, 5.41) is 14.1. The molecule has 1 rings (SSSR count). The second kappa shape index (κ2) is 7.67. The predicted molar refractivity (Wildman–Crippen MR) is 82.0 cm³/mol. The number of carboxylic acids is 1. The number of aliphatic carboxylic acids is 1. The molecule has 0 aromatic heterocycles. The Morgan fingerprint density at radius 1 is 1.19 bits per heavy atom. The fourth-order valence-corrected chi connectivity index (χ4v) is 2.04. The first-order valence-corrected chi connectivity index (χ1v) is 7.09. The third-order valence-corrected chi connectivity index (χ3v) is 2.95. The molecule has 1 aromatic carbocycles. The summed E-state index contributed by atoms with van der Waals surface area (Å²) in [4.78, 5) is 22.3. The quantitative estimate of drug-likeness (QED) is 0.754. The van der Waals surface area contributed by atoms with Crippen LogP contribution >= 0.6 is 0 Å².